The molecule has 0 fully saturated rings. The summed E-state index contributed by atoms with van der Waals surface area (Å²) in [4.78, 5) is 1.33. The van der Waals surface area contributed by atoms with Crippen molar-refractivity contribution in [3.8, 4) is 0 Å². The lowest BCUT2D eigenvalue weighted by Gasteiger charge is -2.04. The zero-order chi connectivity index (χ0) is 8.43. The van der Waals surface area contributed by atoms with E-state index in [4.69, 9.17) is 10.2 Å². The van der Waals surface area contributed by atoms with E-state index < -0.39 is 6.29 Å². The molecule has 0 amide bonds. The zero-order valence-corrected chi connectivity index (χ0v) is 7.39. The Bertz CT molecular complexity index is 240. The minimum Gasteiger partial charge on any atom is -0.364 e. The molecule has 2 nitrogen and oxygen atoms in total. The first-order valence-electron chi connectivity index (χ1n) is 2.98. The number of aliphatic hydroxyl groups is 2. The molecule has 1 rings (SSSR count). The number of hydrogen-bond donors (Lipinski definition) is 4. The molecule has 0 saturated heterocycles. The average molecular weight is 188 g/mol. The number of thiol groups is 2. The van der Waals surface area contributed by atoms with Crippen LogP contribution in [-0.2, 0) is 0 Å². The normalized spacial score (nSPS) is 10.6. The van der Waals surface area contributed by atoms with Crippen LogP contribution < -0.4 is 0 Å². The highest BCUT2D eigenvalue weighted by molar-refractivity contribution is 7.81. The first-order valence-corrected chi connectivity index (χ1v) is 3.88. The van der Waals surface area contributed by atoms with Crippen molar-refractivity contribution in [3.63, 3.8) is 0 Å². The van der Waals surface area contributed by atoms with E-state index in [1.165, 1.54) is 0 Å². The van der Waals surface area contributed by atoms with Gasteiger partial charge in [0.2, 0.25) is 0 Å². The highest BCUT2D eigenvalue weighted by Crippen LogP contribution is 2.19. The molecular weight excluding hydrogens is 180 g/mol. The van der Waals surface area contributed by atoms with Gasteiger partial charge in [0.25, 0.3) is 0 Å². The van der Waals surface area contributed by atoms with E-state index in [1.54, 1.807) is 18.2 Å². The molecule has 0 unspecified atom stereocenters. The lowest BCUT2D eigenvalue weighted by Crippen LogP contribution is -1.94. The van der Waals surface area contributed by atoms with Gasteiger partial charge in [-0.3, -0.25) is 0 Å². The minimum atomic E-state index is -1.45. The van der Waals surface area contributed by atoms with Crippen molar-refractivity contribution in [1.82, 2.24) is 0 Å². The molecule has 0 aromatic heterocycles. The van der Waals surface area contributed by atoms with Gasteiger partial charge in [0.15, 0.2) is 6.29 Å². The Balaban J connectivity index is 3.08. The third-order valence-electron chi connectivity index (χ3n) is 1.22. The highest BCUT2D eigenvalue weighted by Gasteiger charge is 2.02. The van der Waals surface area contributed by atoms with Crippen LogP contribution in [0, 0.1) is 0 Å². The lowest BCUT2D eigenvalue weighted by atomic mass is 10.2. The molecule has 0 atom stereocenters. The fraction of sp³-hybridized carbons (Fsp3) is 0.143. The smallest absolute Gasteiger partial charge is 0.178 e. The largest absolute Gasteiger partial charge is 0.364 e. The van der Waals surface area contributed by atoms with Crippen molar-refractivity contribution in [1.29, 1.82) is 0 Å². The van der Waals surface area contributed by atoms with Gasteiger partial charge in [-0.05, 0) is 18.2 Å². The lowest BCUT2D eigenvalue weighted by molar-refractivity contribution is -0.0427. The monoisotopic (exact) mass is 188 g/mol. The quantitative estimate of drug-likeness (QED) is 0.396. The highest BCUT2D eigenvalue weighted by atomic mass is 32.1. The maximum atomic E-state index is 8.76. The van der Waals surface area contributed by atoms with Gasteiger partial charge in [0, 0.05) is 15.4 Å². The Morgan fingerprint density at radius 2 is 1.45 bits per heavy atom. The molecule has 1 aromatic rings. The molecule has 2 N–H and O–H groups in total. The van der Waals surface area contributed by atoms with E-state index in [1.807, 2.05) is 0 Å². The fourth-order valence-corrected chi connectivity index (χ4v) is 1.45. The Morgan fingerprint density at radius 1 is 1.00 bits per heavy atom. The molecule has 4 heteroatoms. The van der Waals surface area contributed by atoms with Crippen LogP contribution in [0.2, 0.25) is 0 Å². The number of rotatable bonds is 1. The van der Waals surface area contributed by atoms with Crippen LogP contribution in [0.5, 0.6) is 0 Å². The molecule has 0 spiro atoms. The van der Waals surface area contributed by atoms with Gasteiger partial charge >= 0.3 is 0 Å². The third-order valence-corrected chi connectivity index (χ3v) is 1.74. The Labute approximate surface area is 75.7 Å². The van der Waals surface area contributed by atoms with E-state index >= 15 is 0 Å². The van der Waals surface area contributed by atoms with Gasteiger partial charge in [-0.15, -0.1) is 25.3 Å². The second kappa shape index (κ2) is 3.49. The molecule has 0 radical (unpaired) electrons. The maximum absolute atomic E-state index is 8.76. The van der Waals surface area contributed by atoms with Crippen molar-refractivity contribution in [2.45, 2.75) is 16.1 Å². The minimum absolute atomic E-state index is 0.405. The van der Waals surface area contributed by atoms with Crippen LogP contribution in [-0.4, -0.2) is 10.2 Å². The molecule has 0 aliphatic heterocycles. The van der Waals surface area contributed by atoms with Crippen molar-refractivity contribution in [3.05, 3.63) is 23.8 Å². The number of aliphatic hydroxyl groups excluding tert-OH is 1. The molecule has 0 aliphatic carbocycles. The predicted octanol–water partition coefficient (Wildman–Crippen LogP) is 1.25. The molecule has 1 aromatic carbocycles. The average Bonchev–Trinajstić information content (AvgIpc) is 1.85. The van der Waals surface area contributed by atoms with Crippen molar-refractivity contribution in [2.75, 3.05) is 0 Å². The van der Waals surface area contributed by atoms with Crippen LogP contribution in [0.4, 0.5) is 0 Å². The van der Waals surface area contributed by atoms with E-state index in [-0.39, 0.29) is 0 Å². The van der Waals surface area contributed by atoms with E-state index in [0.717, 1.165) is 0 Å². The van der Waals surface area contributed by atoms with Crippen LogP contribution in [0.3, 0.4) is 0 Å². The topological polar surface area (TPSA) is 40.5 Å². The van der Waals surface area contributed by atoms with Gasteiger partial charge in [-0.2, -0.15) is 0 Å². The summed E-state index contributed by atoms with van der Waals surface area (Å²) in [6.07, 6.45) is -1.45. The number of hydrogen-bond acceptors (Lipinski definition) is 4. The van der Waals surface area contributed by atoms with Gasteiger partial charge in [0.05, 0.1) is 0 Å². The Hall–Kier alpha value is -0.160. The van der Waals surface area contributed by atoms with Gasteiger partial charge in [-0.1, -0.05) is 0 Å². The van der Waals surface area contributed by atoms with Crippen molar-refractivity contribution < 1.29 is 10.2 Å². The number of benzene rings is 1. The molecule has 0 bridgehead atoms. The van der Waals surface area contributed by atoms with Crippen LogP contribution in [0.15, 0.2) is 28.0 Å². The van der Waals surface area contributed by atoms with Crippen LogP contribution in [0.1, 0.15) is 11.9 Å². The summed E-state index contributed by atoms with van der Waals surface area (Å²) in [6, 6.07) is 4.87. The van der Waals surface area contributed by atoms with E-state index in [9.17, 15) is 0 Å². The van der Waals surface area contributed by atoms with E-state index in [2.05, 4.69) is 25.3 Å². The summed E-state index contributed by atoms with van der Waals surface area (Å²) in [5.41, 5.74) is 0.405. The first kappa shape index (κ1) is 8.93. The summed E-state index contributed by atoms with van der Waals surface area (Å²) in [5, 5.41) is 17.5. The standard InChI is InChI=1S/C7H8O2S2/c8-7(9)4-1-5(10)3-6(11)2-4/h1-3,7-11H. The van der Waals surface area contributed by atoms with E-state index in [0.29, 0.717) is 15.4 Å². The molecule has 0 aliphatic rings. The summed E-state index contributed by atoms with van der Waals surface area (Å²) in [7, 11) is 0. The Kier molecular flexibility index (Phi) is 2.84. The molecule has 60 valence electrons. The van der Waals surface area contributed by atoms with Gasteiger partial charge < -0.3 is 10.2 Å². The molecule has 11 heavy (non-hydrogen) atoms. The SMILES string of the molecule is OC(O)c1cc(S)cc(S)c1. The van der Waals surface area contributed by atoms with Gasteiger partial charge in [-0.25, -0.2) is 0 Å². The summed E-state index contributed by atoms with van der Waals surface area (Å²) in [5.74, 6) is 0. The Morgan fingerprint density at radius 3 is 1.82 bits per heavy atom. The summed E-state index contributed by atoms with van der Waals surface area (Å²) >= 11 is 8.09. The molecule has 0 saturated carbocycles. The molecule has 0 heterocycles. The van der Waals surface area contributed by atoms with Crippen molar-refractivity contribution in [2.24, 2.45) is 0 Å². The predicted molar refractivity (Wildman–Crippen MR) is 48.1 cm³/mol. The second-order valence-corrected chi connectivity index (χ2v) is 3.19. The molecular formula is C7H8O2S2. The first-order chi connectivity index (χ1) is 5.09. The van der Waals surface area contributed by atoms with Gasteiger partial charge in [0.1, 0.15) is 0 Å². The summed E-state index contributed by atoms with van der Waals surface area (Å²) in [6.45, 7) is 0. The second-order valence-electron chi connectivity index (χ2n) is 2.16. The van der Waals surface area contributed by atoms with Crippen LogP contribution >= 0.6 is 25.3 Å². The third kappa shape index (κ3) is 2.41. The summed E-state index contributed by atoms with van der Waals surface area (Å²) < 4.78 is 0. The van der Waals surface area contributed by atoms with Crippen molar-refractivity contribution >= 4 is 25.3 Å². The maximum Gasteiger partial charge on any atom is 0.178 e. The van der Waals surface area contributed by atoms with Crippen LogP contribution in [0.25, 0.3) is 0 Å². The fourth-order valence-electron chi connectivity index (χ4n) is 0.767. The zero-order valence-electron chi connectivity index (χ0n) is 5.60.